The van der Waals surface area contributed by atoms with Crippen LogP contribution in [-0.4, -0.2) is 24.4 Å². The first-order chi connectivity index (χ1) is 9.72. The first-order valence-corrected chi connectivity index (χ1v) is 8.58. The van der Waals surface area contributed by atoms with Gasteiger partial charge in [-0.15, -0.1) is 0 Å². The van der Waals surface area contributed by atoms with Crippen molar-refractivity contribution in [1.29, 1.82) is 0 Å². The van der Waals surface area contributed by atoms with Gasteiger partial charge in [-0.1, -0.05) is 29.8 Å². The molecule has 0 radical (unpaired) electrons. The Morgan fingerprint density at radius 2 is 1.71 bits per heavy atom. The zero-order chi connectivity index (χ0) is 16.2. The molecule has 0 aromatic heterocycles. The molecule has 0 heterocycles. The highest BCUT2D eigenvalue weighted by Gasteiger charge is 2.18. The summed E-state index contributed by atoms with van der Waals surface area (Å²) in [6.45, 7) is 3.56. The van der Waals surface area contributed by atoms with Gasteiger partial charge >= 0.3 is 0 Å². The minimum Gasteiger partial charge on any atom is -0.346 e. The Morgan fingerprint density at radius 3 is 2.19 bits per heavy atom. The molecule has 116 valence electrons. The van der Waals surface area contributed by atoms with Crippen LogP contribution in [0.5, 0.6) is 0 Å². The van der Waals surface area contributed by atoms with Crippen LogP contribution < -0.4 is 16.4 Å². The van der Waals surface area contributed by atoms with E-state index in [0.717, 1.165) is 13.4 Å². The van der Waals surface area contributed by atoms with Gasteiger partial charge in [0.2, 0.25) is 11.8 Å². The van der Waals surface area contributed by atoms with Crippen molar-refractivity contribution in [3.05, 3.63) is 25.6 Å². The predicted octanol–water partition coefficient (Wildman–Crippen LogP) is 3.01. The first-order valence-electron chi connectivity index (χ1n) is 6.20. The van der Waals surface area contributed by atoms with E-state index >= 15 is 0 Å². The molecule has 0 saturated heterocycles. The molecular formula is C13H16Br3N3O2. The lowest BCUT2D eigenvalue weighted by atomic mass is 10.1. The quantitative estimate of drug-likeness (QED) is 0.599. The normalized spacial score (nSPS) is 12.1. The topological polar surface area (TPSA) is 84.2 Å². The van der Waals surface area contributed by atoms with Crippen LogP contribution in [0.15, 0.2) is 25.6 Å². The summed E-state index contributed by atoms with van der Waals surface area (Å²) in [7, 11) is 0. The molecule has 21 heavy (non-hydrogen) atoms. The van der Waals surface area contributed by atoms with Gasteiger partial charge in [0, 0.05) is 13.4 Å². The van der Waals surface area contributed by atoms with Crippen LogP contribution in [0.4, 0.5) is 5.69 Å². The Kier molecular flexibility index (Phi) is 7.32. The maximum atomic E-state index is 11.9. The molecule has 2 amide bonds. The van der Waals surface area contributed by atoms with Crippen LogP contribution in [0.1, 0.15) is 13.8 Å². The summed E-state index contributed by atoms with van der Waals surface area (Å²) in [5.74, 6) is -0.653. The molecule has 0 unspecified atom stereocenters. The van der Waals surface area contributed by atoms with Crippen molar-refractivity contribution in [2.75, 3.05) is 11.9 Å². The molecule has 0 aliphatic rings. The second kappa shape index (κ2) is 8.26. The molecule has 0 spiro atoms. The lowest BCUT2D eigenvalue weighted by molar-refractivity contribution is -0.125. The fourth-order valence-corrected chi connectivity index (χ4v) is 3.89. The molecule has 0 saturated carbocycles. The van der Waals surface area contributed by atoms with Crippen molar-refractivity contribution >= 4 is 65.3 Å². The van der Waals surface area contributed by atoms with Gasteiger partial charge in [-0.25, -0.2) is 0 Å². The van der Waals surface area contributed by atoms with E-state index in [4.69, 9.17) is 5.73 Å². The highest BCUT2D eigenvalue weighted by molar-refractivity contribution is 9.11. The Balaban J connectivity index is 2.61. The maximum Gasteiger partial charge on any atom is 0.243 e. The summed E-state index contributed by atoms with van der Waals surface area (Å²) >= 11 is 10.1. The summed E-state index contributed by atoms with van der Waals surface area (Å²) in [5, 5.41) is 5.24. The molecule has 1 aromatic carbocycles. The van der Waals surface area contributed by atoms with E-state index in [-0.39, 0.29) is 24.3 Å². The highest BCUT2D eigenvalue weighted by Crippen LogP contribution is 2.34. The highest BCUT2D eigenvalue weighted by atomic mass is 79.9. The number of hydrogen-bond donors (Lipinski definition) is 3. The second-order valence-electron chi connectivity index (χ2n) is 4.78. The average molecular weight is 486 g/mol. The minimum atomic E-state index is -0.621. The molecule has 0 bridgehead atoms. The third kappa shape index (κ3) is 5.69. The maximum absolute atomic E-state index is 11.9. The van der Waals surface area contributed by atoms with Gasteiger partial charge in [0.05, 0.1) is 18.3 Å². The molecule has 1 aromatic rings. The van der Waals surface area contributed by atoms with Crippen molar-refractivity contribution in [2.24, 2.45) is 11.7 Å². The number of halogens is 3. The Morgan fingerprint density at radius 1 is 1.19 bits per heavy atom. The van der Waals surface area contributed by atoms with Crippen LogP contribution >= 0.6 is 47.8 Å². The van der Waals surface area contributed by atoms with Crippen molar-refractivity contribution in [1.82, 2.24) is 5.32 Å². The number of carbonyl (C=O) groups excluding carboxylic acids is 2. The van der Waals surface area contributed by atoms with E-state index in [1.807, 2.05) is 26.0 Å². The van der Waals surface area contributed by atoms with Gasteiger partial charge in [0.25, 0.3) is 0 Å². The van der Waals surface area contributed by atoms with Crippen LogP contribution in [0.25, 0.3) is 0 Å². The Bertz CT molecular complexity index is 526. The molecule has 4 N–H and O–H groups in total. The number of anilines is 1. The zero-order valence-electron chi connectivity index (χ0n) is 11.5. The van der Waals surface area contributed by atoms with E-state index in [2.05, 4.69) is 58.4 Å². The number of benzene rings is 1. The van der Waals surface area contributed by atoms with Crippen molar-refractivity contribution in [2.45, 2.75) is 19.9 Å². The standard InChI is InChI=1S/C13H16Br3N3O2/c1-6(2)11(17)13(21)18-5-10(20)19-12-8(15)3-7(14)4-9(12)16/h3-4,6,11H,5,17H2,1-2H3,(H,18,21)(H,19,20)/t11-/m0/s1. The van der Waals surface area contributed by atoms with E-state index in [1.165, 1.54) is 0 Å². The van der Waals surface area contributed by atoms with Gasteiger partial charge in [-0.2, -0.15) is 0 Å². The predicted molar refractivity (Wildman–Crippen MR) is 94.0 cm³/mol. The Hall–Kier alpha value is -0.440. The molecule has 0 fully saturated rings. The lowest BCUT2D eigenvalue weighted by Crippen LogP contribution is -2.46. The van der Waals surface area contributed by atoms with Gasteiger partial charge in [-0.3, -0.25) is 9.59 Å². The van der Waals surface area contributed by atoms with E-state index < -0.39 is 6.04 Å². The van der Waals surface area contributed by atoms with Crippen LogP contribution in [0, 0.1) is 5.92 Å². The minimum absolute atomic E-state index is 0.0165. The van der Waals surface area contributed by atoms with Crippen molar-refractivity contribution in [3.63, 3.8) is 0 Å². The zero-order valence-corrected chi connectivity index (χ0v) is 16.3. The SMILES string of the molecule is CC(C)[C@H](N)C(=O)NCC(=O)Nc1c(Br)cc(Br)cc1Br. The molecule has 8 heteroatoms. The summed E-state index contributed by atoms with van der Waals surface area (Å²) < 4.78 is 2.32. The molecule has 5 nitrogen and oxygen atoms in total. The molecule has 1 rings (SSSR count). The number of rotatable bonds is 5. The van der Waals surface area contributed by atoms with E-state index in [1.54, 1.807) is 0 Å². The molecule has 1 atom stereocenters. The van der Waals surface area contributed by atoms with Crippen LogP contribution in [0.3, 0.4) is 0 Å². The summed E-state index contributed by atoms with van der Waals surface area (Å²) in [5.41, 5.74) is 6.30. The molecular weight excluding hydrogens is 470 g/mol. The largest absolute Gasteiger partial charge is 0.346 e. The van der Waals surface area contributed by atoms with Gasteiger partial charge < -0.3 is 16.4 Å². The van der Waals surface area contributed by atoms with E-state index in [0.29, 0.717) is 5.69 Å². The Labute approximate surface area is 148 Å². The molecule has 0 aliphatic carbocycles. The van der Waals surface area contributed by atoms with Crippen molar-refractivity contribution < 1.29 is 9.59 Å². The van der Waals surface area contributed by atoms with Gasteiger partial charge in [0.15, 0.2) is 0 Å². The fraction of sp³-hybridized carbons (Fsp3) is 0.385. The summed E-state index contributed by atoms with van der Waals surface area (Å²) in [4.78, 5) is 23.6. The number of carbonyl (C=O) groups is 2. The van der Waals surface area contributed by atoms with Crippen LogP contribution in [0.2, 0.25) is 0 Å². The van der Waals surface area contributed by atoms with Gasteiger partial charge in [0.1, 0.15) is 0 Å². The average Bonchev–Trinajstić information content (AvgIpc) is 2.39. The number of nitrogens with two attached hydrogens (primary N) is 1. The third-order valence-electron chi connectivity index (χ3n) is 2.72. The number of amides is 2. The lowest BCUT2D eigenvalue weighted by Gasteiger charge is -2.15. The molecule has 0 aliphatic heterocycles. The van der Waals surface area contributed by atoms with E-state index in [9.17, 15) is 9.59 Å². The van der Waals surface area contributed by atoms with Crippen LogP contribution in [-0.2, 0) is 9.59 Å². The number of nitrogens with one attached hydrogen (secondary N) is 2. The summed E-state index contributed by atoms with van der Waals surface area (Å²) in [6.07, 6.45) is 0. The van der Waals surface area contributed by atoms with Crippen molar-refractivity contribution in [3.8, 4) is 0 Å². The smallest absolute Gasteiger partial charge is 0.243 e. The number of hydrogen-bond acceptors (Lipinski definition) is 3. The second-order valence-corrected chi connectivity index (χ2v) is 7.40. The fourth-order valence-electron chi connectivity index (χ4n) is 1.43. The summed E-state index contributed by atoms with van der Waals surface area (Å²) in [6, 6.07) is 3.00. The first kappa shape index (κ1) is 18.6. The third-order valence-corrected chi connectivity index (χ3v) is 4.42. The van der Waals surface area contributed by atoms with Gasteiger partial charge in [-0.05, 0) is 49.9 Å². The monoisotopic (exact) mass is 483 g/mol.